The molecule has 2 aromatic carbocycles. The van der Waals surface area contributed by atoms with E-state index < -0.39 is 0 Å². The van der Waals surface area contributed by atoms with Crippen molar-refractivity contribution in [1.82, 2.24) is 0 Å². The first-order valence-corrected chi connectivity index (χ1v) is 9.26. The quantitative estimate of drug-likeness (QED) is 0.848. The van der Waals surface area contributed by atoms with Gasteiger partial charge in [-0.1, -0.05) is 18.2 Å². The number of para-hydroxylation sites is 2. The molecule has 0 saturated carbocycles. The molecule has 3 rings (SSSR count). The van der Waals surface area contributed by atoms with Crippen molar-refractivity contribution in [2.24, 2.45) is 0 Å². The zero-order valence-electron chi connectivity index (χ0n) is 15.0. The zero-order chi connectivity index (χ0) is 18.1. The van der Waals surface area contributed by atoms with Crippen LogP contribution in [0.15, 0.2) is 35.2 Å². The molecule has 130 valence electrons. The van der Waals surface area contributed by atoms with Crippen LogP contribution in [0, 0.1) is 27.7 Å². The van der Waals surface area contributed by atoms with Gasteiger partial charge in [-0.2, -0.15) is 0 Å². The summed E-state index contributed by atoms with van der Waals surface area (Å²) in [6.45, 7) is 8.45. The summed E-state index contributed by atoms with van der Waals surface area (Å²) in [5, 5.41) is 2.81. The van der Waals surface area contributed by atoms with Crippen LogP contribution in [0.1, 0.15) is 22.3 Å². The van der Waals surface area contributed by atoms with Gasteiger partial charge in [0, 0.05) is 4.90 Å². The molecule has 0 unspecified atom stereocenters. The van der Waals surface area contributed by atoms with Gasteiger partial charge in [0.25, 0.3) is 0 Å². The van der Waals surface area contributed by atoms with Crippen LogP contribution in [-0.4, -0.2) is 24.1 Å². The van der Waals surface area contributed by atoms with Gasteiger partial charge >= 0.3 is 0 Å². The van der Waals surface area contributed by atoms with Crippen LogP contribution < -0.4 is 10.2 Å². The Morgan fingerprint density at radius 2 is 1.76 bits per heavy atom. The minimum atomic E-state index is -0.157. The molecule has 0 bridgehead atoms. The second-order valence-corrected chi connectivity index (χ2v) is 7.41. The van der Waals surface area contributed by atoms with E-state index in [0.717, 1.165) is 5.69 Å². The fraction of sp³-hybridized carbons (Fsp3) is 0.300. The molecule has 0 atom stereocenters. The van der Waals surface area contributed by atoms with Gasteiger partial charge in [0.2, 0.25) is 11.8 Å². The van der Waals surface area contributed by atoms with Crippen molar-refractivity contribution < 1.29 is 9.59 Å². The molecule has 0 radical (unpaired) electrons. The summed E-state index contributed by atoms with van der Waals surface area (Å²) in [5.41, 5.74) is 6.37. The van der Waals surface area contributed by atoms with Crippen LogP contribution in [-0.2, 0) is 9.59 Å². The zero-order valence-corrected chi connectivity index (χ0v) is 15.8. The van der Waals surface area contributed by atoms with Gasteiger partial charge < -0.3 is 10.2 Å². The van der Waals surface area contributed by atoms with Gasteiger partial charge in [-0.15, -0.1) is 11.8 Å². The van der Waals surface area contributed by atoms with E-state index in [2.05, 4.69) is 39.1 Å². The van der Waals surface area contributed by atoms with Crippen LogP contribution in [0.2, 0.25) is 0 Å². The maximum Gasteiger partial charge on any atom is 0.244 e. The number of hydrogen-bond donors (Lipinski definition) is 1. The summed E-state index contributed by atoms with van der Waals surface area (Å²) in [7, 11) is 0. The fourth-order valence-electron chi connectivity index (χ4n) is 3.06. The Morgan fingerprint density at radius 1 is 1.12 bits per heavy atom. The summed E-state index contributed by atoms with van der Waals surface area (Å²) in [6, 6.07) is 9.59. The molecule has 0 fully saturated rings. The Labute approximate surface area is 152 Å². The lowest BCUT2D eigenvalue weighted by atomic mass is 10.0. The van der Waals surface area contributed by atoms with E-state index in [-0.39, 0.29) is 18.4 Å². The molecule has 2 aromatic rings. The number of nitrogens with one attached hydrogen (secondary N) is 1. The molecule has 5 heteroatoms. The highest BCUT2D eigenvalue weighted by Gasteiger charge is 2.26. The molecule has 1 heterocycles. The van der Waals surface area contributed by atoms with E-state index in [1.54, 1.807) is 16.7 Å². The van der Waals surface area contributed by atoms with E-state index in [4.69, 9.17) is 0 Å². The third-order valence-corrected chi connectivity index (χ3v) is 6.00. The van der Waals surface area contributed by atoms with E-state index in [1.165, 1.54) is 27.1 Å². The van der Waals surface area contributed by atoms with Gasteiger partial charge in [-0.05, 0) is 62.1 Å². The van der Waals surface area contributed by atoms with Crippen LogP contribution in [0.25, 0.3) is 0 Å². The van der Waals surface area contributed by atoms with Crippen LogP contribution in [0.4, 0.5) is 11.4 Å². The monoisotopic (exact) mass is 354 g/mol. The van der Waals surface area contributed by atoms with Gasteiger partial charge in [0.1, 0.15) is 6.54 Å². The van der Waals surface area contributed by atoms with Crippen molar-refractivity contribution in [2.75, 3.05) is 22.5 Å². The van der Waals surface area contributed by atoms with Crippen molar-refractivity contribution in [1.29, 1.82) is 0 Å². The highest BCUT2D eigenvalue weighted by Crippen LogP contribution is 2.33. The number of carbonyl (C=O) groups excluding carboxylic acids is 2. The van der Waals surface area contributed by atoms with E-state index >= 15 is 0 Å². The average Bonchev–Trinajstić information content (AvgIpc) is 2.59. The first-order chi connectivity index (χ1) is 11.9. The molecule has 25 heavy (non-hydrogen) atoms. The molecule has 0 aromatic heterocycles. The van der Waals surface area contributed by atoms with E-state index in [1.807, 2.05) is 24.3 Å². The van der Waals surface area contributed by atoms with Crippen molar-refractivity contribution in [3.63, 3.8) is 0 Å². The summed E-state index contributed by atoms with van der Waals surface area (Å²) in [4.78, 5) is 27.4. The van der Waals surface area contributed by atoms with Crippen LogP contribution in [0.5, 0.6) is 0 Å². The van der Waals surface area contributed by atoms with Crippen molar-refractivity contribution in [2.45, 2.75) is 32.6 Å². The number of nitrogens with zero attached hydrogens (tertiary/aromatic N) is 1. The molecule has 2 amide bonds. The third kappa shape index (κ3) is 3.42. The van der Waals surface area contributed by atoms with Gasteiger partial charge in [-0.3, -0.25) is 9.59 Å². The standard InChI is InChI=1S/C20H22N2O2S/c1-12-9-13(2)15(4)20(14(12)3)25-11-19(24)22-10-18(23)21-16-7-5-6-8-17(16)22/h5-9H,10-11H2,1-4H3,(H,21,23). The Balaban J connectivity index is 1.82. The van der Waals surface area contributed by atoms with E-state index in [9.17, 15) is 9.59 Å². The molecule has 1 aliphatic rings. The predicted octanol–water partition coefficient (Wildman–Crippen LogP) is 4.00. The lowest BCUT2D eigenvalue weighted by Crippen LogP contribution is -2.43. The number of anilines is 2. The predicted molar refractivity (Wildman–Crippen MR) is 104 cm³/mol. The largest absolute Gasteiger partial charge is 0.323 e. The number of fused-ring (bicyclic) bond motifs is 1. The number of rotatable bonds is 3. The smallest absolute Gasteiger partial charge is 0.244 e. The number of thioether (sulfide) groups is 1. The summed E-state index contributed by atoms with van der Waals surface area (Å²) in [5.74, 6) is 0.104. The maximum absolute atomic E-state index is 12.8. The second-order valence-electron chi connectivity index (χ2n) is 6.42. The first kappa shape index (κ1) is 17.5. The van der Waals surface area contributed by atoms with Crippen molar-refractivity contribution in [3.8, 4) is 0 Å². The van der Waals surface area contributed by atoms with Crippen LogP contribution in [0.3, 0.4) is 0 Å². The second kappa shape index (κ2) is 6.92. The van der Waals surface area contributed by atoms with E-state index in [0.29, 0.717) is 11.4 Å². The Bertz CT molecular complexity index is 835. The topological polar surface area (TPSA) is 49.4 Å². The Hall–Kier alpha value is -2.27. The minimum Gasteiger partial charge on any atom is -0.323 e. The first-order valence-electron chi connectivity index (χ1n) is 8.28. The molecule has 0 spiro atoms. The SMILES string of the molecule is Cc1cc(C)c(C)c(SCC(=O)N2CC(=O)Nc3ccccc32)c1C. The summed E-state index contributed by atoms with van der Waals surface area (Å²) >= 11 is 1.56. The van der Waals surface area contributed by atoms with Crippen LogP contribution >= 0.6 is 11.8 Å². The van der Waals surface area contributed by atoms with Gasteiger partial charge in [0.15, 0.2) is 0 Å². The minimum absolute atomic E-state index is 0.0507. The molecule has 4 nitrogen and oxygen atoms in total. The molecule has 0 saturated heterocycles. The Morgan fingerprint density at radius 3 is 2.44 bits per heavy atom. The van der Waals surface area contributed by atoms with Gasteiger partial charge in [0.05, 0.1) is 17.1 Å². The number of aryl methyl sites for hydroxylation is 2. The average molecular weight is 354 g/mol. The van der Waals surface area contributed by atoms with Gasteiger partial charge in [-0.25, -0.2) is 0 Å². The summed E-state index contributed by atoms with van der Waals surface area (Å²) < 4.78 is 0. The Kier molecular flexibility index (Phi) is 4.86. The lowest BCUT2D eigenvalue weighted by Gasteiger charge is -2.29. The molecule has 1 aliphatic heterocycles. The molecular formula is C20H22N2O2S. The molecular weight excluding hydrogens is 332 g/mol. The summed E-state index contributed by atoms with van der Waals surface area (Å²) in [6.07, 6.45) is 0. The number of benzene rings is 2. The normalized spacial score (nSPS) is 13.4. The van der Waals surface area contributed by atoms with Crippen molar-refractivity contribution in [3.05, 3.63) is 52.6 Å². The van der Waals surface area contributed by atoms with Crippen molar-refractivity contribution >= 4 is 35.0 Å². The highest BCUT2D eigenvalue weighted by atomic mass is 32.2. The number of amides is 2. The highest BCUT2D eigenvalue weighted by molar-refractivity contribution is 8.00. The number of hydrogen-bond acceptors (Lipinski definition) is 3. The third-order valence-electron chi connectivity index (χ3n) is 4.71. The molecule has 0 aliphatic carbocycles. The molecule has 1 N–H and O–H groups in total. The number of carbonyl (C=O) groups is 2. The maximum atomic E-state index is 12.8. The fourth-order valence-corrected chi connectivity index (χ4v) is 4.24. The lowest BCUT2D eigenvalue weighted by molar-refractivity contribution is -0.120.